The van der Waals surface area contributed by atoms with Crippen molar-refractivity contribution in [2.75, 3.05) is 33.6 Å². The molecule has 0 aliphatic carbocycles. The van der Waals surface area contributed by atoms with E-state index in [0.717, 1.165) is 0 Å². The van der Waals surface area contributed by atoms with E-state index in [1.165, 1.54) is 7.11 Å². The van der Waals surface area contributed by atoms with Crippen molar-refractivity contribution in [3.63, 3.8) is 0 Å². The van der Waals surface area contributed by atoms with Gasteiger partial charge in [0.05, 0.1) is 0 Å². The van der Waals surface area contributed by atoms with Crippen LogP contribution in [0.25, 0.3) is 0 Å². The fourth-order valence-corrected chi connectivity index (χ4v) is 3.09. The molecule has 34 heavy (non-hydrogen) atoms. The minimum atomic E-state index is -1.83. The Labute approximate surface area is 215 Å². The largest absolute Gasteiger partial charge is 0.459 e. The molecular weight excluding hydrogens is 515 g/mol. The molecule has 198 valence electrons. The molecule has 1 aliphatic rings. The maximum atomic E-state index is 13.0. The average Bonchev–Trinajstić information content (AvgIpc) is 2.60. The second kappa shape index (κ2) is 12.8. The Morgan fingerprint density at radius 2 is 1.62 bits per heavy atom. The van der Waals surface area contributed by atoms with Crippen molar-refractivity contribution < 1.29 is 38.1 Å². The fraction of sp³-hybridized carbons (Fsp3) is 0.857. The molecule has 0 aromatic heterocycles. The smallest absolute Gasteiger partial charge is 0.408 e. The summed E-state index contributed by atoms with van der Waals surface area (Å²) in [7, 11) is 1.41. The van der Waals surface area contributed by atoms with Gasteiger partial charge in [-0.05, 0) is 48.0 Å². The van der Waals surface area contributed by atoms with E-state index in [1.54, 1.807) is 46.4 Å². The van der Waals surface area contributed by atoms with Crippen LogP contribution in [0.4, 0.5) is 4.79 Å². The highest BCUT2D eigenvalue weighted by molar-refractivity contribution is 6.67. The lowest BCUT2D eigenvalue weighted by molar-refractivity contribution is -0.172. The summed E-state index contributed by atoms with van der Waals surface area (Å²) in [5.74, 6) is -1.15. The molecule has 1 fully saturated rings. The van der Waals surface area contributed by atoms with Crippen LogP contribution >= 0.6 is 34.8 Å². The van der Waals surface area contributed by atoms with Gasteiger partial charge >= 0.3 is 18.0 Å². The number of hydrogen-bond acceptors (Lipinski definition) is 9. The zero-order valence-electron chi connectivity index (χ0n) is 20.6. The van der Waals surface area contributed by atoms with Gasteiger partial charge in [-0.1, -0.05) is 34.8 Å². The van der Waals surface area contributed by atoms with Crippen LogP contribution in [0.15, 0.2) is 0 Å². The maximum Gasteiger partial charge on any atom is 0.408 e. The number of hydrogen-bond donors (Lipinski definition) is 1. The summed E-state index contributed by atoms with van der Waals surface area (Å²) in [5, 5.41) is 2.42. The van der Waals surface area contributed by atoms with Crippen LogP contribution in [0.1, 0.15) is 48.0 Å². The van der Waals surface area contributed by atoms with E-state index in [2.05, 4.69) is 5.32 Å². The average molecular weight is 550 g/mol. The third-order valence-corrected chi connectivity index (χ3v) is 4.62. The molecule has 0 saturated carbocycles. The van der Waals surface area contributed by atoms with Gasteiger partial charge in [-0.25, -0.2) is 9.59 Å². The van der Waals surface area contributed by atoms with Gasteiger partial charge < -0.3 is 29.0 Å². The quantitative estimate of drug-likeness (QED) is 0.190. The molecule has 13 heteroatoms. The third-order valence-electron chi connectivity index (χ3n) is 4.30. The maximum absolute atomic E-state index is 13.0. The molecule has 0 aromatic rings. The Hall–Kier alpha value is -1.04. The summed E-state index contributed by atoms with van der Waals surface area (Å²) in [6, 6.07) is -1.82. The van der Waals surface area contributed by atoms with Crippen molar-refractivity contribution in [1.29, 1.82) is 0 Å². The number of nitrogens with zero attached hydrogens (tertiary/aromatic N) is 1. The number of amides is 1. The molecule has 0 unspecified atom stereocenters. The van der Waals surface area contributed by atoms with Gasteiger partial charge in [0.15, 0.2) is 6.04 Å². The molecule has 0 spiro atoms. The van der Waals surface area contributed by atoms with E-state index < -0.39 is 51.9 Å². The van der Waals surface area contributed by atoms with Crippen LogP contribution in [0.2, 0.25) is 0 Å². The Kier molecular flexibility index (Phi) is 11.6. The Bertz CT molecular complexity index is 704. The van der Waals surface area contributed by atoms with E-state index >= 15 is 0 Å². The summed E-state index contributed by atoms with van der Waals surface area (Å²) in [4.78, 5) is 39.7. The first-order chi connectivity index (χ1) is 15.4. The minimum Gasteiger partial charge on any atom is -0.459 e. The number of alkyl carbamates (subject to hydrolysis) is 1. The molecule has 1 saturated heterocycles. The van der Waals surface area contributed by atoms with E-state index in [1.807, 2.05) is 0 Å². The third kappa shape index (κ3) is 12.1. The molecule has 1 aliphatic heterocycles. The summed E-state index contributed by atoms with van der Waals surface area (Å²) in [6.07, 6.45) is -1.39. The van der Waals surface area contributed by atoms with Crippen LogP contribution < -0.4 is 5.32 Å². The molecule has 1 amide bonds. The lowest BCUT2D eigenvalue weighted by Gasteiger charge is -2.42. The first-order valence-electron chi connectivity index (χ1n) is 10.7. The molecule has 1 heterocycles. The number of alkyl halides is 3. The number of esters is 2. The highest BCUT2D eigenvalue weighted by Gasteiger charge is 2.42. The first-order valence-corrected chi connectivity index (χ1v) is 11.9. The number of ether oxygens (including phenoxy) is 5. The van der Waals surface area contributed by atoms with Crippen LogP contribution in [-0.2, 0) is 33.3 Å². The second-order valence-electron chi connectivity index (χ2n) is 9.79. The number of likely N-dealkylation sites (tertiary alicyclic amines) is 1. The normalized spacial score (nSPS) is 18.9. The summed E-state index contributed by atoms with van der Waals surface area (Å²) >= 11 is 16.9. The van der Waals surface area contributed by atoms with E-state index in [9.17, 15) is 14.4 Å². The summed E-state index contributed by atoms with van der Waals surface area (Å²) in [6.45, 7) is 10.3. The lowest BCUT2D eigenvalue weighted by Crippen LogP contribution is -2.61. The molecule has 1 rings (SSSR count). The highest BCUT2D eigenvalue weighted by Crippen LogP contribution is 2.26. The van der Waals surface area contributed by atoms with Gasteiger partial charge in [0, 0.05) is 20.2 Å². The van der Waals surface area contributed by atoms with Crippen LogP contribution in [0, 0.1) is 0 Å². The van der Waals surface area contributed by atoms with Gasteiger partial charge in [-0.3, -0.25) is 9.69 Å². The number of methoxy groups -OCH3 is 1. The zero-order chi connectivity index (χ0) is 26.3. The number of carbonyl (C=O) groups excluding carboxylic acids is 3. The fourth-order valence-electron chi connectivity index (χ4n) is 2.92. The number of halogens is 3. The summed E-state index contributed by atoms with van der Waals surface area (Å²) in [5.41, 5.74) is -1.49. The standard InChI is InChI=1S/C21H35Cl3N2O8/c1-19(2,3)33-16(27)13-8-9-26(13)10-14(32-12-30-7)15(17(28)34-20(4,5)6)25-18(29)31-11-21(22,23)24/h13-15H,8-12H2,1-7H3,(H,25,29)/t13-,14+,15-/m0/s1. The van der Waals surface area contributed by atoms with Gasteiger partial charge in [0.1, 0.15) is 36.7 Å². The topological polar surface area (TPSA) is 113 Å². The summed E-state index contributed by atoms with van der Waals surface area (Å²) < 4.78 is 24.7. The molecular formula is C21H35Cl3N2O8. The van der Waals surface area contributed by atoms with Crippen molar-refractivity contribution in [2.45, 2.75) is 81.1 Å². The Morgan fingerprint density at radius 3 is 2.06 bits per heavy atom. The van der Waals surface area contributed by atoms with Gasteiger partial charge in [0.2, 0.25) is 3.79 Å². The van der Waals surface area contributed by atoms with E-state index in [0.29, 0.717) is 13.0 Å². The molecule has 0 radical (unpaired) electrons. The van der Waals surface area contributed by atoms with Crippen LogP contribution in [0.3, 0.4) is 0 Å². The highest BCUT2D eigenvalue weighted by atomic mass is 35.6. The monoisotopic (exact) mass is 548 g/mol. The van der Waals surface area contributed by atoms with Crippen molar-refractivity contribution in [2.24, 2.45) is 0 Å². The zero-order valence-corrected chi connectivity index (χ0v) is 22.9. The number of rotatable bonds is 10. The molecule has 1 N–H and O–H groups in total. The van der Waals surface area contributed by atoms with Crippen molar-refractivity contribution in [3.05, 3.63) is 0 Å². The molecule has 10 nitrogen and oxygen atoms in total. The van der Waals surface area contributed by atoms with Gasteiger partial charge in [0.25, 0.3) is 0 Å². The van der Waals surface area contributed by atoms with Gasteiger partial charge in [-0.2, -0.15) is 0 Å². The number of carbonyl (C=O) groups is 3. The van der Waals surface area contributed by atoms with E-state index in [4.69, 9.17) is 58.5 Å². The molecule has 0 aromatic carbocycles. The minimum absolute atomic E-state index is 0.0991. The van der Waals surface area contributed by atoms with Crippen molar-refractivity contribution >= 4 is 52.8 Å². The lowest BCUT2D eigenvalue weighted by atomic mass is 10.00. The number of nitrogens with one attached hydrogen (secondary N) is 1. The van der Waals surface area contributed by atoms with E-state index in [-0.39, 0.29) is 19.3 Å². The van der Waals surface area contributed by atoms with Gasteiger partial charge in [-0.15, -0.1) is 0 Å². The first kappa shape index (κ1) is 31.0. The predicted molar refractivity (Wildman–Crippen MR) is 127 cm³/mol. The predicted octanol–water partition coefficient (Wildman–Crippen LogP) is 3.20. The Morgan fingerprint density at radius 1 is 1.03 bits per heavy atom. The Balaban J connectivity index is 3.05. The molecule has 0 bridgehead atoms. The van der Waals surface area contributed by atoms with Crippen molar-refractivity contribution in [1.82, 2.24) is 10.2 Å². The molecule has 3 atom stereocenters. The van der Waals surface area contributed by atoms with Crippen LogP contribution in [-0.4, -0.2) is 89.7 Å². The van der Waals surface area contributed by atoms with Crippen molar-refractivity contribution in [3.8, 4) is 0 Å². The van der Waals surface area contributed by atoms with Crippen LogP contribution in [0.5, 0.6) is 0 Å². The second-order valence-corrected chi connectivity index (χ2v) is 12.3. The SMILES string of the molecule is COCO[C@H](CN1CC[C@H]1C(=O)OC(C)(C)C)[C@H](NC(=O)OCC(Cl)(Cl)Cl)C(=O)OC(C)(C)C.